The molecule has 1 N–H and O–H groups in total. The number of aryl methyl sites for hydroxylation is 1. The van der Waals surface area contributed by atoms with Crippen LogP contribution >= 0.6 is 11.3 Å². The zero-order chi connectivity index (χ0) is 23.4. The minimum atomic E-state index is -0.447. The Morgan fingerprint density at radius 1 is 0.848 bits per heavy atom. The van der Waals surface area contributed by atoms with Crippen LogP contribution in [0.5, 0.6) is 0 Å². The third-order valence-electron chi connectivity index (χ3n) is 4.82. The maximum atomic E-state index is 11.0. The molecule has 0 spiro atoms. The van der Waals surface area contributed by atoms with E-state index in [1.54, 1.807) is 24.3 Å². The Morgan fingerprint density at radius 2 is 1.36 bits per heavy atom. The van der Waals surface area contributed by atoms with E-state index in [4.69, 9.17) is 0 Å². The van der Waals surface area contributed by atoms with Gasteiger partial charge < -0.3 is 0 Å². The second-order valence-corrected chi connectivity index (χ2v) is 7.94. The summed E-state index contributed by atoms with van der Waals surface area (Å²) in [7, 11) is 0. The second-order valence-electron chi connectivity index (χ2n) is 7.08. The first-order valence-electron chi connectivity index (χ1n) is 9.76. The van der Waals surface area contributed by atoms with Gasteiger partial charge in [0, 0.05) is 46.3 Å². The highest BCUT2D eigenvalue weighted by molar-refractivity contribution is 7.14. The Balaban J connectivity index is 1.62. The first kappa shape index (κ1) is 21.8. The number of hydrogen-bond donors (Lipinski definition) is 1. The van der Waals surface area contributed by atoms with Gasteiger partial charge in [0.1, 0.15) is 0 Å². The molecule has 1 heterocycles. The molecule has 0 fully saturated rings. The average Bonchev–Trinajstić information content (AvgIpc) is 3.30. The zero-order valence-corrected chi connectivity index (χ0v) is 18.2. The third kappa shape index (κ3) is 5.08. The number of nitrogens with zero attached hydrogens (tertiary/aromatic N) is 4. The van der Waals surface area contributed by atoms with Gasteiger partial charge in [-0.25, -0.2) is 4.98 Å². The maximum absolute atomic E-state index is 11.0. The van der Waals surface area contributed by atoms with Crippen molar-refractivity contribution in [3.05, 3.63) is 115 Å². The fourth-order valence-corrected chi connectivity index (χ4v) is 3.72. The van der Waals surface area contributed by atoms with E-state index < -0.39 is 9.85 Å². The Morgan fingerprint density at radius 3 is 1.91 bits per heavy atom. The number of hydrogen-bond acceptors (Lipinski definition) is 8. The van der Waals surface area contributed by atoms with E-state index in [9.17, 15) is 20.2 Å². The summed E-state index contributed by atoms with van der Waals surface area (Å²) in [6.07, 6.45) is 0. The van der Waals surface area contributed by atoms with Gasteiger partial charge in [0.2, 0.25) is 5.13 Å². The van der Waals surface area contributed by atoms with Crippen LogP contribution in [0.4, 0.5) is 16.5 Å². The summed E-state index contributed by atoms with van der Waals surface area (Å²) in [5.41, 5.74) is 7.67. The molecule has 9 nitrogen and oxygen atoms in total. The molecule has 4 aromatic rings. The van der Waals surface area contributed by atoms with Crippen LogP contribution in [0, 0.1) is 27.2 Å². The predicted octanol–water partition coefficient (Wildman–Crippen LogP) is 5.80. The second kappa shape index (κ2) is 9.37. The highest BCUT2D eigenvalue weighted by Gasteiger charge is 2.12. The smallest absolute Gasteiger partial charge is 0.258 e. The molecule has 10 heteroatoms. The van der Waals surface area contributed by atoms with Crippen LogP contribution in [0.1, 0.15) is 16.7 Å². The van der Waals surface area contributed by atoms with Crippen molar-refractivity contribution in [2.75, 3.05) is 5.43 Å². The fourth-order valence-electron chi connectivity index (χ4n) is 3.06. The minimum Gasteiger partial charge on any atom is -0.258 e. The van der Waals surface area contributed by atoms with Crippen molar-refractivity contribution in [2.24, 2.45) is 5.10 Å². The highest BCUT2D eigenvalue weighted by atomic mass is 32.1. The van der Waals surface area contributed by atoms with Crippen molar-refractivity contribution < 1.29 is 9.85 Å². The van der Waals surface area contributed by atoms with Gasteiger partial charge in [-0.1, -0.05) is 29.8 Å². The molecular weight excluding hydrogens is 442 g/mol. The van der Waals surface area contributed by atoms with Gasteiger partial charge in [-0.15, -0.1) is 11.3 Å². The van der Waals surface area contributed by atoms with Gasteiger partial charge in [0.25, 0.3) is 11.4 Å². The fraction of sp³-hybridized carbons (Fsp3) is 0.0435. The summed E-state index contributed by atoms with van der Waals surface area (Å²) >= 11 is 1.34. The first-order valence-corrected chi connectivity index (χ1v) is 10.6. The summed E-state index contributed by atoms with van der Waals surface area (Å²) in [5.74, 6) is 0. The van der Waals surface area contributed by atoms with E-state index in [-0.39, 0.29) is 11.4 Å². The van der Waals surface area contributed by atoms with Crippen molar-refractivity contribution in [2.45, 2.75) is 6.92 Å². The molecule has 0 aliphatic rings. The largest absolute Gasteiger partial charge is 0.269 e. The molecule has 33 heavy (non-hydrogen) atoms. The van der Waals surface area contributed by atoms with Crippen molar-refractivity contribution in [3.8, 4) is 11.3 Å². The summed E-state index contributed by atoms with van der Waals surface area (Å²) in [4.78, 5) is 25.4. The van der Waals surface area contributed by atoms with Gasteiger partial charge in [0.15, 0.2) is 0 Å². The number of hydrazone groups is 1. The van der Waals surface area contributed by atoms with E-state index in [1.807, 2.05) is 36.6 Å². The van der Waals surface area contributed by atoms with E-state index in [0.717, 1.165) is 16.7 Å². The lowest BCUT2D eigenvalue weighted by Crippen LogP contribution is -2.07. The van der Waals surface area contributed by atoms with Crippen LogP contribution < -0.4 is 5.43 Å². The molecule has 0 atom stereocenters. The van der Waals surface area contributed by atoms with Crippen molar-refractivity contribution in [1.82, 2.24) is 4.98 Å². The number of nitro benzene ring substituents is 2. The number of nitro groups is 2. The lowest BCUT2D eigenvalue weighted by atomic mass is 10.0. The highest BCUT2D eigenvalue weighted by Crippen LogP contribution is 2.27. The number of anilines is 1. The number of non-ortho nitro benzene ring substituents is 2. The Hall–Kier alpha value is -4.44. The van der Waals surface area contributed by atoms with Crippen LogP contribution in [0.25, 0.3) is 11.3 Å². The standard InChI is InChI=1S/C23H17N5O4S/c1-15-2-4-17(5-3-15)22(18-8-12-20(13-9-18)28(31)32)25-26-23-24-21(14-33-23)16-6-10-19(11-7-16)27(29)30/h2-14H,1H3,(H,24,26). The van der Waals surface area contributed by atoms with Gasteiger partial charge in [-0.05, 0) is 31.2 Å². The Kier molecular flexibility index (Phi) is 6.18. The molecular formula is C23H17N5O4S. The van der Waals surface area contributed by atoms with Crippen LogP contribution in [0.2, 0.25) is 0 Å². The number of aromatic nitrogens is 1. The summed E-state index contributed by atoms with van der Waals surface area (Å²) < 4.78 is 0. The lowest BCUT2D eigenvalue weighted by Gasteiger charge is -2.08. The van der Waals surface area contributed by atoms with Crippen LogP contribution in [-0.4, -0.2) is 20.5 Å². The van der Waals surface area contributed by atoms with E-state index >= 15 is 0 Å². The van der Waals surface area contributed by atoms with Gasteiger partial charge in [-0.2, -0.15) is 5.10 Å². The molecule has 164 valence electrons. The molecule has 0 radical (unpaired) electrons. The molecule has 0 aliphatic carbocycles. The topological polar surface area (TPSA) is 124 Å². The molecule has 1 aromatic heterocycles. The summed E-state index contributed by atoms with van der Waals surface area (Å²) in [5, 5.41) is 28.7. The van der Waals surface area contributed by atoms with Gasteiger partial charge >= 0.3 is 0 Å². The number of rotatable bonds is 7. The van der Waals surface area contributed by atoms with Gasteiger partial charge in [0.05, 0.1) is 21.3 Å². The Bertz CT molecular complexity index is 1330. The molecule has 0 unspecified atom stereocenters. The van der Waals surface area contributed by atoms with Gasteiger partial charge in [-0.3, -0.25) is 25.7 Å². The van der Waals surface area contributed by atoms with E-state index in [1.165, 1.54) is 35.6 Å². The van der Waals surface area contributed by atoms with E-state index in [0.29, 0.717) is 22.1 Å². The zero-order valence-electron chi connectivity index (χ0n) is 17.3. The van der Waals surface area contributed by atoms with Crippen molar-refractivity contribution >= 4 is 33.6 Å². The van der Waals surface area contributed by atoms with Crippen LogP contribution in [-0.2, 0) is 0 Å². The lowest BCUT2D eigenvalue weighted by molar-refractivity contribution is -0.385. The molecule has 0 saturated heterocycles. The molecule has 0 bridgehead atoms. The molecule has 3 aromatic carbocycles. The number of nitrogens with one attached hydrogen (secondary N) is 1. The Labute approximate surface area is 192 Å². The predicted molar refractivity (Wildman–Crippen MR) is 128 cm³/mol. The monoisotopic (exact) mass is 459 g/mol. The molecule has 0 aliphatic heterocycles. The van der Waals surface area contributed by atoms with Crippen LogP contribution in [0.15, 0.2) is 83.3 Å². The molecule has 4 rings (SSSR count). The van der Waals surface area contributed by atoms with Crippen LogP contribution in [0.3, 0.4) is 0 Å². The third-order valence-corrected chi connectivity index (χ3v) is 5.56. The normalized spacial score (nSPS) is 11.2. The average molecular weight is 459 g/mol. The quantitative estimate of drug-likeness (QED) is 0.212. The van der Waals surface area contributed by atoms with Crippen molar-refractivity contribution in [1.29, 1.82) is 0 Å². The maximum Gasteiger partial charge on any atom is 0.269 e. The van der Waals surface area contributed by atoms with Crippen molar-refractivity contribution in [3.63, 3.8) is 0 Å². The van der Waals surface area contributed by atoms with E-state index in [2.05, 4.69) is 15.5 Å². The SMILES string of the molecule is Cc1ccc(C(=NNc2nc(-c3ccc([N+](=O)[O-])cc3)cs2)c2ccc([N+](=O)[O-])cc2)cc1. The number of benzene rings is 3. The molecule has 0 saturated carbocycles. The first-order chi connectivity index (χ1) is 15.9. The molecule has 0 amide bonds. The summed E-state index contributed by atoms with van der Waals surface area (Å²) in [6.45, 7) is 1.99. The minimum absolute atomic E-state index is 0.00243. The summed E-state index contributed by atoms with van der Waals surface area (Å²) in [6, 6.07) is 20.1. The number of thiazole rings is 1.